The van der Waals surface area contributed by atoms with Gasteiger partial charge in [0.05, 0.1) is 0 Å². The van der Waals surface area contributed by atoms with Crippen LogP contribution in [0.1, 0.15) is 23.5 Å². The van der Waals surface area contributed by atoms with Gasteiger partial charge in [0.15, 0.2) is 0 Å². The van der Waals surface area contributed by atoms with E-state index in [2.05, 4.69) is 23.3 Å². The van der Waals surface area contributed by atoms with Crippen LogP contribution in [0.15, 0.2) is 48.7 Å². The molecular weight excluding hydrogens is 283 g/mol. The first-order valence-corrected chi connectivity index (χ1v) is 7.90. The molecule has 0 radical (unpaired) electrons. The lowest BCUT2D eigenvalue weighted by atomic mass is 10.1. The van der Waals surface area contributed by atoms with Gasteiger partial charge in [0.2, 0.25) is 0 Å². The first-order valence-electron chi connectivity index (χ1n) is 7.08. The summed E-state index contributed by atoms with van der Waals surface area (Å²) in [6.07, 6.45) is 2.66. The van der Waals surface area contributed by atoms with E-state index in [1.807, 2.05) is 30.5 Å². The molecule has 1 N–H and O–H groups in total. The maximum atomic E-state index is 13.3. The van der Waals surface area contributed by atoms with E-state index in [9.17, 15) is 4.39 Å². The third kappa shape index (κ3) is 3.28. The quantitative estimate of drug-likeness (QED) is 0.758. The lowest BCUT2D eigenvalue weighted by Gasteiger charge is -2.15. The third-order valence-corrected chi connectivity index (χ3v) is 4.65. The van der Waals surface area contributed by atoms with Gasteiger partial charge in [-0.25, -0.2) is 4.39 Å². The van der Waals surface area contributed by atoms with Crippen molar-refractivity contribution in [1.82, 2.24) is 10.3 Å². The number of rotatable bonds is 5. The smallest absolute Gasteiger partial charge is 0.124 e. The first-order chi connectivity index (χ1) is 10.3. The van der Waals surface area contributed by atoms with Gasteiger partial charge in [0.25, 0.3) is 0 Å². The van der Waals surface area contributed by atoms with Crippen molar-refractivity contribution in [3.05, 3.63) is 65.0 Å². The zero-order valence-electron chi connectivity index (χ0n) is 11.8. The molecule has 0 saturated heterocycles. The Morgan fingerprint density at radius 1 is 1.24 bits per heavy atom. The molecule has 108 valence electrons. The van der Waals surface area contributed by atoms with Gasteiger partial charge in [-0.1, -0.05) is 19.1 Å². The maximum Gasteiger partial charge on any atom is 0.124 e. The van der Waals surface area contributed by atoms with E-state index in [4.69, 9.17) is 0 Å². The number of nitrogens with one attached hydrogen (secondary N) is 1. The number of nitrogens with zero attached hydrogens (tertiary/aromatic N) is 1. The fourth-order valence-corrected chi connectivity index (χ4v) is 3.61. The van der Waals surface area contributed by atoms with E-state index in [0.717, 1.165) is 28.7 Å². The number of hydrogen-bond acceptors (Lipinski definition) is 3. The van der Waals surface area contributed by atoms with Crippen LogP contribution in [-0.4, -0.2) is 11.5 Å². The number of pyridine rings is 1. The van der Waals surface area contributed by atoms with E-state index in [-0.39, 0.29) is 11.9 Å². The summed E-state index contributed by atoms with van der Waals surface area (Å²) in [6.45, 7) is 2.98. The summed E-state index contributed by atoms with van der Waals surface area (Å²) in [5.41, 5.74) is 1.06. The van der Waals surface area contributed by atoms with Crippen LogP contribution in [0, 0.1) is 5.82 Å². The molecule has 0 saturated carbocycles. The number of aromatic nitrogens is 1. The van der Waals surface area contributed by atoms with Gasteiger partial charge in [-0.3, -0.25) is 4.98 Å². The number of hydrogen-bond donors (Lipinski definition) is 1. The summed E-state index contributed by atoms with van der Waals surface area (Å²) in [5.74, 6) is -0.180. The molecule has 3 rings (SSSR count). The van der Waals surface area contributed by atoms with Gasteiger partial charge in [0.1, 0.15) is 5.82 Å². The summed E-state index contributed by atoms with van der Waals surface area (Å²) in [6, 6.07) is 13.3. The van der Waals surface area contributed by atoms with E-state index < -0.39 is 0 Å². The average molecular weight is 300 g/mol. The van der Waals surface area contributed by atoms with Crippen molar-refractivity contribution in [2.24, 2.45) is 0 Å². The number of thiophene rings is 1. The molecule has 2 nitrogen and oxygen atoms in total. The number of fused-ring (bicyclic) bond motifs is 1. The second kappa shape index (κ2) is 6.33. The van der Waals surface area contributed by atoms with Crippen molar-refractivity contribution in [2.45, 2.75) is 19.4 Å². The molecule has 1 atom stereocenters. The molecule has 2 heterocycles. The summed E-state index contributed by atoms with van der Waals surface area (Å²) in [5, 5.41) is 4.60. The molecule has 0 aliphatic carbocycles. The Hall–Kier alpha value is -1.78. The van der Waals surface area contributed by atoms with Gasteiger partial charge in [-0.15, -0.1) is 11.3 Å². The zero-order chi connectivity index (χ0) is 14.7. The fraction of sp³-hybridized carbons (Fsp3) is 0.235. The van der Waals surface area contributed by atoms with Crippen molar-refractivity contribution in [3.8, 4) is 0 Å². The minimum atomic E-state index is -0.180. The Balaban J connectivity index is 1.91. The van der Waals surface area contributed by atoms with E-state index in [0.29, 0.717) is 0 Å². The molecular formula is C17H17FN2S. The third-order valence-electron chi connectivity index (χ3n) is 3.43. The molecule has 0 spiro atoms. The lowest BCUT2D eigenvalue weighted by molar-refractivity contribution is 0.552. The Labute approximate surface area is 127 Å². The molecule has 0 aliphatic heterocycles. The fourth-order valence-electron chi connectivity index (χ4n) is 2.45. The molecule has 1 aromatic carbocycles. The Morgan fingerprint density at radius 2 is 2.14 bits per heavy atom. The highest BCUT2D eigenvalue weighted by Crippen LogP contribution is 2.31. The van der Waals surface area contributed by atoms with E-state index in [1.54, 1.807) is 17.4 Å². The number of halogens is 1. The molecule has 0 fully saturated rings. The van der Waals surface area contributed by atoms with Gasteiger partial charge < -0.3 is 5.32 Å². The van der Waals surface area contributed by atoms with Crippen molar-refractivity contribution in [3.63, 3.8) is 0 Å². The molecule has 2 aromatic heterocycles. The SMILES string of the molecule is CCNC(Cc1ccccn1)c1cc2ccc(F)cc2s1. The van der Waals surface area contributed by atoms with E-state index in [1.165, 1.54) is 10.9 Å². The van der Waals surface area contributed by atoms with Gasteiger partial charge >= 0.3 is 0 Å². The van der Waals surface area contributed by atoms with Crippen LogP contribution >= 0.6 is 11.3 Å². The molecule has 0 aliphatic rings. The number of benzene rings is 1. The summed E-state index contributed by atoms with van der Waals surface area (Å²) in [7, 11) is 0. The van der Waals surface area contributed by atoms with Crippen molar-refractivity contribution in [1.29, 1.82) is 0 Å². The second-order valence-electron chi connectivity index (χ2n) is 4.97. The Bertz CT molecular complexity index is 724. The molecule has 0 bridgehead atoms. The van der Waals surface area contributed by atoms with Crippen molar-refractivity contribution < 1.29 is 4.39 Å². The lowest BCUT2D eigenvalue weighted by Crippen LogP contribution is -2.22. The highest BCUT2D eigenvalue weighted by atomic mass is 32.1. The van der Waals surface area contributed by atoms with Gasteiger partial charge in [0, 0.05) is 33.9 Å². The normalized spacial score (nSPS) is 12.7. The van der Waals surface area contributed by atoms with Crippen LogP contribution in [-0.2, 0) is 6.42 Å². The van der Waals surface area contributed by atoms with Crippen LogP contribution in [0.3, 0.4) is 0 Å². The predicted molar refractivity (Wildman–Crippen MR) is 86.1 cm³/mol. The molecule has 4 heteroatoms. The molecule has 3 aromatic rings. The highest BCUT2D eigenvalue weighted by molar-refractivity contribution is 7.19. The van der Waals surface area contributed by atoms with Crippen LogP contribution in [0.2, 0.25) is 0 Å². The average Bonchev–Trinajstić information content (AvgIpc) is 2.91. The topological polar surface area (TPSA) is 24.9 Å². The molecule has 21 heavy (non-hydrogen) atoms. The summed E-state index contributed by atoms with van der Waals surface area (Å²) in [4.78, 5) is 5.62. The minimum Gasteiger partial charge on any atom is -0.309 e. The minimum absolute atomic E-state index is 0.180. The standard InChI is InChI=1S/C17H17FN2S/c1-2-19-15(11-14-5-3-4-8-20-14)17-9-12-6-7-13(18)10-16(12)21-17/h3-10,15,19H,2,11H2,1H3. The van der Waals surface area contributed by atoms with Crippen molar-refractivity contribution >= 4 is 21.4 Å². The van der Waals surface area contributed by atoms with Crippen LogP contribution in [0.25, 0.3) is 10.1 Å². The second-order valence-corrected chi connectivity index (χ2v) is 6.08. The molecule has 1 unspecified atom stereocenters. The maximum absolute atomic E-state index is 13.3. The molecule has 0 amide bonds. The Kier molecular flexibility index (Phi) is 4.27. The highest BCUT2D eigenvalue weighted by Gasteiger charge is 2.15. The van der Waals surface area contributed by atoms with Gasteiger partial charge in [-0.2, -0.15) is 0 Å². The zero-order valence-corrected chi connectivity index (χ0v) is 12.7. The Morgan fingerprint density at radius 3 is 2.90 bits per heavy atom. The van der Waals surface area contributed by atoms with Gasteiger partial charge in [-0.05, 0) is 42.3 Å². The summed E-state index contributed by atoms with van der Waals surface area (Å²) < 4.78 is 14.3. The monoisotopic (exact) mass is 300 g/mol. The number of likely N-dealkylation sites (N-methyl/N-ethyl adjacent to an activating group) is 1. The predicted octanol–water partition coefficient (Wildman–Crippen LogP) is 4.33. The largest absolute Gasteiger partial charge is 0.309 e. The van der Waals surface area contributed by atoms with Crippen molar-refractivity contribution in [2.75, 3.05) is 6.54 Å². The van der Waals surface area contributed by atoms with Crippen LogP contribution in [0.4, 0.5) is 4.39 Å². The summed E-state index contributed by atoms with van der Waals surface area (Å²) >= 11 is 1.65. The van der Waals surface area contributed by atoms with E-state index >= 15 is 0 Å². The van der Waals surface area contributed by atoms with Crippen LogP contribution < -0.4 is 5.32 Å². The van der Waals surface area contributed by atoms with Crippen LogP contribution in [0.5, 0.6) is 0 Å². The first kappa shape index (κ1) is 14.2.